The monoisotopic (exact) mass is 413 g/mol. The first kappa shape index (κ1) is 19.2. The molecule has 2 aromatic heterocycles. The average Bonchev–Trinajstić information content (AvgIpc) is 3.21. The quantitative estimate of drug-likeness (QED) is 0.508. The van der Waals surface area contributed by atoms with Crippen LogP contribution in [0.1, 0.15) is 41.3 Å². The lowest BCUT2D eigenvalue weighted by molar-refractivity contribution is -0.117. The number of fused-ring (bicyclic) bond motifs is 3. The molecular formula is C21H23N3O2S2. The van der Waals surface area contributed by atoms with Crippen molar-refractivity contribution in [3.8, 4) is 5.69 Å². The van der Waals surface area contributed by atoms with Crippen LogP contribution in [-0.4, -0.2) is 20.7 Å². The lowest BCUT2D eigenvalue weighted by Crippen LogP contribution is -2.28. The topological polar surface area (TPSA) is 78.0 Å². The molecule has 1 amide bonds. The third-order valence-electron chi connectivity index (χ3n) is 5.24. The van der Waals surface area contributed by atoms with Crippen molar-refractivity contribution in [1.82, 2.24) is 9.55 Å². The normalized spacial score (nSPS) is 14.4. The predicted molar refractivity (Wildman–Crippen MR) is 116 cm³/mol. The van der Waals surface area contributed by atoms with Crippen LogP contribution in [0.3, 0.4) is 0 Å². The van der Waals surface area contributed by atoms with Crippen LogP contribution in [0.5, 0.6) is 0 Å². The molecule has 0 bridgehead atoms. The number of aromatic nitrogens is 2. The highest BCUT2D eigenvalue weighted by molar-refractivity contribution is 8.00. The van der Waals surface area contributed by atoms with Gasteiger partial charge in [-0.25, -0.2) is 4.98 Å². The summed E-state index contributed by atoms with van der Waals surface area (Å²) < 4.78 is 1.68. The van der Waals surface area contributed by atoms with Gasteiger partial charge in [0, 0.05) is 4.88 Å². The summed E-state index contributed by atoms with van der Waals surface area (Å²) in [6.07, 6.45) is 3.63. The molecule has 3 aromatic rings. The molecule has 7 heteroatoms. The fourth-order valence-electron chi connectivity index (χ4n) is 3.84. The summed E-state index contributed by atoms with van der Waals surface area (Å²) in [4.78, 5) is 32.4. The van der Waals surface area contributed by atoms with Crippen LogP contribution in [-0.2, 0) is 17.6 Å². The van der Waals surface area contributed by atoms with E-state index in [0.717, 1.165) is 51.9 Å². The van der Waals surface area contributed by atoms with E-state index in [-0.39, 0.29) is 11.5 Å². The van der Waals surface area contributed by atoms with E-state index in [1.807, 2.05) is 32.9 Å². The molecule has 1 aromatic carbocycles. The summed E-state index contributed by atoms with van der Waals surface area (Å²) >= 11 is 2.90. The van der Waals surface area contributed by atoms with E-state index in [0.29, 0.717) is 11.6 Å². The van der Waals surface area contributed by atoms with Gasteiger partial charge in [0.05, 0.1) is 16.3 Å². The first-order valence-corrected chi connectivity index (χ1v) is 11.2. The van der Waals surface area contributed by atoms with Gasteiger partial charge in [0.1, 0.15) is 4.83 Å². The highest BCUT2D eigenvalue weighted by atomic mass is 32.2. The van der Waals surface area contributed by atoms with Crippen LogP contribution in [0.4, 0.5) is 0 Å². The van der Waals surface area contributed by atoms with Gasteiger partial charge in [-0.15, -0.1) is 11.3 Å². The fourth-order valence-corrected chi connectivity index (χ4v) is 6.12. The maximum absolute atomic E-state index is 13.6. The number of thioether (sulfide) groups is 1. The van der Waals surface area contributed by atoms with E-state index in [1.54, 1.807) is 15.9 Å². The van der Waals surface area contributed by atoms with Crippen LogP contribution in [0.2, 0.25) is 0 Å². The number of nitrogens with zero attached hydrogens (tertiary/aromatic N) is 2. The molecule has 1 unspecified atom stereocenters. The molecule has 5 nitrogen and oxygen atoms in total. The summed E-state index contributed by atoms with van der Waals surface area (Å²) in [6, 6.07) is 6.02. The lowest BCUT2D eigenvalue weighted by Gasteiger charge is -2.17. The average molecular weight is 414 g/mol. The van der Waals surface area contributed by atoms with Crippen LogP contribution < -0.4 is 11.3 Å². The Morgan fingerprint density at radius 2 is 2.14 bits per heavy atom. The molecule has 1 atom stereocenters. The van der Waals surface area contributed by atoms with Gasteiger partial charge in [-0.05, 0) is 56.7 Å². The van der Waals surface area contributed by atoms with Crippen molar-refractivity contribution in [1.29, 1.82) is 0 Å². The highest BCUT2D eigenvalue weighted by Crippen LogP contribution is 2.37. The predicted octanol–water partition coefficient (Wildman–Crippen LogP) is 3.91. The van der Waals surface area contributed by atoms with E-state index in [1.165, 1.54) is 16.6 Å². The molecule has 0 saturated heterocycles. The third-order valence-corrected chi connectivity index (χ3v) is 7.76. The number of hydrogen-bond acceptors (Lipinski definition) is 5. The van der Waals surface area contributed by atoms with Crippen LogP contribution >= 0.6 is 23.1 Å². The summed E-state index contributed by atoms with van der Waals surface area (Å²) in [5.41, 5.74) is 9.64. The number of aryl methyl sites for hydroxylation is 4. The number of carbonyl (C=O) groups is 1. The molecule has 1 aliphatic rings. The maximum atomic E-state index is 13.6. The summed E-state index contributed by atoms with van der Waals surface area (Å²) in [7, 11) is 0. The van der Waals surface area contributed by atoms with Gasteiger partial charge in [-0.3, -0.25) is 14.2 Å². The van der Waals surface area contributed by atoms with Crippen LogP contribution in [0.25, 0.3) is 15.9 Å². The van der Waals surface area contributed by atoms with Gasteiger partial charge in [-0.1, -0.05) is 36.4 Å². The Balaban J connectivity index is 2.01. The minimum absolute atomic E-state index is 0.0434. The van der Waals surface area contributed by atoms with Crippen LogP contribution in [0, 0.1) is 13.8 Å². The number of primary amides is 1. The van der Waals surface area contributed by atoms with E-state index >= 15 is 0 Å². The largest absolute Gasteiger partial charge is 0.369 e. The zero-order valence-electron chi connectivity index (χ0n) is 16.2. The Morgan fingerprint density at radius 1 is 1.36 bits per heavy atom. The number of rotatable bonds is 5. The van der Waals surface area contributed by atoms with Crippen molar-refractivity contribution in [3.63, 3.8) is 0 Å². The second kappa shape index (κ2) is 7.37. The molecule has 2 heterocycles. The van der Waals surface area contributed by atoms with Crippen molar-refractivity contribution in [2.24, 2.45) is 5.73 Å². The Kier molecular flexibility index (Phi) is 5.05. The molecule has 0 spiro atoms. The molecule has 4 rings (SSSR count). The van der Waals surface area contributed by atoms with Gasteiger partial charge in [0.2, 0.25) is 5.91 Å². The van der Waals surface area contributed by atoms with Gasteiger partial charge in [0.15, 0.2) is 5.16 Å². The van der Waals surface area contributed by atoms with Crippen molar-refractivity contribution in [2.75, 3.05) is 0 Å². The molecule has 2 N–H and O–H groups in total. The molecule has 0 fully saturated rings. The third kappa shape index (κ3) is 3.16. The second-order valence-electron chi connectivity index (χ2n) is 7.28. The molecule has 1 aliphatic carbocycles. The van der Waals surface area contributed by atoms with E-state index < -0.39 is 5.25 Å². The first-order valence-electron chi connectivity index (χ1n) is 9.51. The Morgan fingerprint density at radius 3 is 2.82 bits per heavy atom. The summed E-state index contributed by atoms with van der Waals surface area (Å²) in [5, 5.41) is 0.858. The molecule has 0 radical (unpaired) electrons. The Labute approximate surface area is 172 Å². The second-order valence-corrected chi connectivity index (χ2v) is 9.53. The smallest absolute Gasteiger partial charge is 0.267 e. The van der Waals surface area contributed by atoms with Crippen molar-refractivity contribution in [2.45, 2.75) is 56.9 Å². The highest BCUT2D eigenvalue weighted by Gasteiger charge is 2.26. The molecular weight excluding hydrogens is 390 g/mol. The number of carbonyl (C=O) groups excluding carboxylic acids is 1. The number of thiophene rings is 1. The van der Waals surface area contributed by atoms with Gasteiger partial charge < -0.3 is 5.73 Å². The van der Waals surface area contributed by atoms with Gasteiger partial charge in [0.25, 0.3) is 5.56 Å². The zero-order chi connectivity index (χ0) is 20.0. The SMILES string of the molecule is CCC(Sc1nc2sc3c(c2c(=O)n1-c1ccc(C)cc1C)CCC3)C(N)=O. The Bertz CT molecular complexity index is 1150. The summed E-state index contributed by atoms with van der Waals surface area (Å²) in [6.45, 7) is 5.94. The zero-order valence-corrected chi connectivity index (χ0v) is 17.9. The molecule has 0 aliphatic heterocycles. The van der Waals surface area contributed by atoms with Gasteiger partial charge in [-0.2, -0.15) is 0 Å². The van der Waals surface area contributed by atoms with Crippen molar-refractivity contribution in [3.05, 3.63) is 50.1 Å². The molecule has 28 heavy (non-hydrogen) atoms. The number of hydrogen-bond donors (Lipinski definition) is 1. The first-order chi connectivity index (χ1) is 13.4. The number of nitrogens with two attached hydrogens (primary N) is 1. The number of benzene rings is 1. The van der Waals surface area contributed by atoms with E-state index in [2.05, 4.69) is 6.07 Å². The lowest BCUT2D eigenvalue weighted by atomic mass is 10.1. The fraction of sp³-hybridized carbons (Fsp3) is 0.381. The number of amides is 1. The van der Waals surface area contributed by atoms with E-state index in [9.17, 15) is 9.59 Å². The summed E-state index contributed by atoms with van der Waals surface area (Å²) in [5.74, 6) is -0.386. The maximum Gasteiger partial charge on any atom is 0.267 e. The van der Waals surface area contributed by atoms with Crippen LogP contribution in [0.15, 0.2) is 28.2 Å². The minimum atomic E-state index is -0.423. The minimum Gasteiger partial charge on any atom is -0.369 e. The molecule has 0 saturated carbocycles. The van der Waals surface area contributed by atoms with E-state index in [4.69, 9.17) is 10.7 Å². The Hall–Kier alpha value is -2.12. The van der Waals surface area contributed by atoms with Crippen molar-refractivity contribution < 1.29 is 4.79 Å². The molecule has 146 valence electrons. The van der Waals surface area contributed by atoms with Gasteiger partial charge >= 0.3 is 0 Å². The standard InChI is InChI=1S/C21H23N3O2S2/c1-4-15(18(22)25)28-21-23-19-17(13-6-5-7-16(13)27-19)20(26)24(21)14-9-8-11(2)10-12(14)3/h8-10,15H,4-7H2,1-3H3,(H2,22,25). The van der Waals surface area contributed by atoms with Crippen molar-refractivity contribution >= 4 is 39.2 Å².